The van der Waals surface area contributed by atoms with E-state index in [0.717, 1.165) is 18.3 Å². The Kier molecular flexibility index (Phi) is 15.2. The maximum absolute atomic E-state index is 4.06. The minimum Gasteiger partial charge on any atom is -0.0958 e. The van der Waals surface area contributed by atoms with Crippen molar-refractivity contribution in [1.29, 1.82) is 0 Å². The first-order valence-electron chi connectivity index (χ1n) is 8.97. The highest BCUT2D eigenvalue weighted by Gasteiger charge is 2.16. The van der Waals surface area contributed by atoms with E-state index in [2.05, 4.69) is 60.3 Å². The molecule has 1 aliphatic carbocycles. The summed E-state index contributed by atoms with van der Waals surface area (Å²) in [6, 6.07) is 0. The van der Waals surface area contributed by atoms with Crippen LogP contribution in [0, 0.1) is 11.8 Å². The van der Waals surface area contributed by atoms with Gasteiger partial charge in [-0.15, -0.1) is 0 Å². The Balaban J connectivity index is 0. The minimum atomic E-state index is 0.722. The highest BCUT2D eigenvalue weighted by Crippen LogP contribution is 2.32. The average Bonchev–Trinajstić information content (AvgIpc) is 2.46. The van der Waals surface area contributed by atoms with E-state index in [1.807, 2.05) is 13.8 Å². The van der Waals surface area contributed by atoms with E-state index in [9.17, 15) is 0 Å². The maximum Gasteiger partial charge on any atom is -0.0125 e. The third kappa shape index (κ3) is 11.5. The fourth-order valence-electron chi connectivity index (χ4n) is 2.28. The zero-order valence-electron chi connectivity index (χ0n) is 16.1. The van der Waals surface area contributed by atoms with Crippen LogP contribution in [0.3, 0.4) is 0 Å². The van der Waals surface area contributed by atoms with Crippen molar-refractivity contribution in [3.63, 3.8) is 0 Å². The van der Waals surface area contributed by atoms with E-state index in [1.54, 1.807) is 11.1 Å². The molecule has 1 unspecified atom stereocenters. The van der Waals surface area contributed by atoms with Crippen molar-refractivity contribution in [3.8, 4) is 0 Å². The number of rotatable bonds is 4. The fraction of sp³-hybridized carbons (Fsp3) is 0.714. The van der Waals surface area contributed by atoms with E-state index in [4.69, 9.17) is 0 Å². The van der Waals surface area contributed by atoms with Crippen LogP contribution in [0.15, 0.2) is 35.5 Å². The Morgan fingerprint density at radius 2 is 1.71 bits per heavy atom. The molecule has 0 aromatic rings. The van der Waals surface area contributed by atoms with Crippen LogP contribution in [-0.4, -0.2) is 0 Å². The summed E-state index contributed by atoms with van der Waals surface area (Å²) >= 11 is 0. The van der Waals surface area contributed by atoms with Gasteiger partial charge < -0.3 is 0 Å². The van der Waals surface area contributed by atoms with Crippen LogP contribution in [0.5, 0.6) is 0 Å². The first-order valence-corrected chi connectivity index (χ1v) is 8.97. The lowest BCUT2D eigenvalue weighted by Crippen LogP contribution is -2.08. The van der Waals surface area contributed by atoms with Gasteiger partial charge in [0.25, 0.3) is 0 Å². The van der Waals surface area contributed by atoms with Crippen molar-refractivity contribution in [1.82, 2.24) is 0 Å². The lowest BCUT2D eigenvalue weighted by Gasteiger charge is -2.23. The molecular formula is C21H40. The van der Waals surface area contributed by atoms with Gasteiger partial charge in [0, 0.05) is 0 Å². The highest BCUT2D eigenvalue weighted by atomic mass is 14.2. The number of hydrogen-bond donors (Lipinski definition) is 0. The van der Waals surface area contributed by atoms with Crippen molar-refractivity contribution in [3.05, 3.63) is 35.5 Å². The summed E-state index contributed by atoms with van der Waals surface area (Å²) in [4.78, 5) is 0. The molecule has 0 aliphatic heterocycles. The minimum absolute atomic E-state index is 0.722. The molecule has 0 radical (unpaired) electrons. The Bertz CT molecular complexity index is 312. The summed E-state index contributed by atoms with van der Waals surface area (Å²) < 4.78 is 0. The third-order valence-corrected chi connectivity index (χ3v) is 3.34. The molecule has 0 heterocycles. The molecule has 0 heteroatoms. The third-order valence-electron chi connectivity index (χ3n) is 3.34. The van der Waals surface area contributed by atoms with Crippen molar-refractivity contribution in [2.75, 3.05) is 0 Å². The van der Waals surface area contributed by atoms with Gasteiger partial charge in [-0.1, -0.05) is 84.8 Å². The Morgan fingerprint density at radius 1 is 1.19 bits per heavy atom. The predicted molar refractivity (Wildman–Crippen MR) is 101 cm³/mol. The zero-order chi connectivity index (χ0) is 16.8. The summed E-state index contributed by atoms with van der Waals surface area (Å²) in [6.45, 7) is 21.4. The first kappa shape index (κ1) is 22.5. The van der Waals surface area contributed by atoms with Crippen LogP contribution < -0.4 is 0 Å². The van der Waals surface area contributed by atoms with E-state index < -0.39 is 0 Å². The topological polar surface area (TPSA) is 0 Å². The molecule has 1 aliphatic rings. The number of unbranched alkanes of at least 4 members (excludes halogenated alkanes) is 1. The quantitative estimate of drug-likeness (QED) is 0.497. The second-order valence-electron chi connectivity index (χ2n) is 6.37. The molecule has 0 aromatic heterocycles. The summed E-state index contributed by atoms with van der Waals surface area (Å²) in [6.07, 6.45) is 10.8. The molecule has 0 fully saturated rings. The molecule has 0 nitrogen and oxygen atoms in total. The molecule has 124 valence electrons. The Hall–Kier alpha value is -0.780. The van der Waals surface area contributed by atoms with Crippen LogP contribution >= 0.6 is 0 Å². The van der Waals surface area contributed by atoms with Crippen LogP contribution in [0.2, 0.25) is 0 Å². The van der Waals surface area contributed by atoms with Gasteiger partial charge in [0.05, 0.1) is 0 Å². The summed E-state index contributed by atoms with van der Waals surface area (Å²) in [5.74, 6) is 1.55. The molecule has 0 saturated heterocycles. The first-order chi connectivity index (χ1) is 9.92. The van der Waals surface area contributed by atoms with Gasteiger partial charge in [0.2, 0.25) is 0 Å². The fourth-order valence-corrected chi connectivity index (χ4v) is 2.28. The standard InChI is InChI=1S/C15H24.C4H10.C2H6/c1-5-7-8-13(4)15-10-9-12(3)11-14(15)6-2;1-4(2)3;1-2/h9-10,14H,3,5-8,11H2,1-2,4H3;4H,1-3H3;1-2H3/b15-13-;;. The van der Waals surface area contributed by atoms with Crippen LogP contribution in [0.1, 0.15) is 87.5 Å². The molecule has 21 heavy (non-hydrogen) atoms. The lowest BCUT2D eigenvalue weighted by molar-refractivity contribution is 0.584. The van der Waals surface area contributed by atoms with Crippen molar-refractivity contribution in [2.24, 2.45) is 11.8 Å². The molecule has 0 N–H and O–H groups in total. The number of hydrogen-bond acceptors (Lipinski definition) is 0. The predicted octanol–water partition coefficient (Wildman–Crippen LogP) is 7.72. The normalized spacial score (nSPS) is 19.5. The van der Waals surface area contributed by atoms with Crippen LogP contribution in [0.25, 0.3) is 0 Å². The summed E-state index contributed by atoms with van der Waals surface area (Å²) in [5, 5.41) is 0. The van der Waals surface area contributed by atoms with E-state index in [-0.39, 0.29) is 0 Å². The molecule has 1 atom stereocenters. The Labute approximate surface area is 135 Å². The van der Waals surface area contributed by atoms with E-state index >= 15 is 0 Å². The van der Waals surface area contributed by atoms with Crippen molar-refractivity contribution < 1.29 is 0 Å². The SMILES string of the molecule is C=C1C=C/C(=C(\C)CCCC)C(CC)C1.CC.CC(C)C. The molecule has 1 rings (SSSR count). The molecular weight excluding hydrogens is 252 g/mol. The monoisotopic (exact) mass is 292 g/mol. The number of allylic oxidation sites excluding steroid dienone is 5. The van der Waals surface area contributed by atoms with E-state index in [0.29, 0.717) is 0 Å². The van der Waals surface area contributed by atoms with Gasteiger partial charge in [-0.05, 0) is 50.0 Å². The molecule has 0 bridgehead atoms. The highest BCUT2D eigenvalue weighted by molar-refractivity contribution is 5.37. The molecule has 0 spiro atoms. The summed E-state index contributed by atoms with van der Waals surface area (Å²) in [7, 11) is 0. The molecule has 0 amide bonds. The maximum atomic E-state index is 4.06. The van der Waals surface area contributed by atoms with Crippen LogP contribution in [-0.2, 0) is 0 Å². The van der Waals surface area contributed by atoms with Crippen molar-refractivity contribution in [2.45, 2.75) is 87.5 Å². The average molecular weight is 293 g/mol. The van der Waals surface area contributed by atoms with Gasteiger partial charge in [-0.3, -0.25) is 0 Å². The summed E-state index contributed by atoms with van der Waals surface area (Å²) in [5.41, 5.74) is 4.46. The van der Waals surface area contributed by atoms with Gasteiger partial charge in [-0.25, -0.2) is 0 Å². The molecule has 0 saturated carbocycles. The van der Waals surface area contributed by atoms with Gasteiger partial charge in [0.1, 0.15) is 0 Å². The zero-order valence-corrected chi connectivity index (χ0v) is 16.1. The molecule has 0 aromatic carbocycles. The second kappa shape index (κ2) is 14.2. The van der Waals surface area contributed by atoms with Crippen molar-refractivity contribution >= 4 is 0 Å². The largest absolute Gasteiger partial charge is 0.0958 e. The second-order valence-corrected chi connectivity index (χ2v) is 6.37. The smallest absolute Gasteiger partial charge is 0.0125 e. The van der Waals surface area contributed by atoms with Gasteiger partial charge in [-0.2, -0.15) is 0 Å². The van der Waals surface area contributed by atoms with Gasteiger partial charge in [0.15, 0.2) is 0 Å². The van der Waals surface area contributed by atoms with Crippen LogP contribution in [0.4, 0.5) is 0 Å². The Morgan fingerprint density at radius 3 is 2.14 bits per heavy atom. The van der Waals surface area contributed by atoms with Gasteiger partial charge >= 0.3 is 0 Å². The lowest BCUT2D eigenvalue weighted by atomic mass is 9.82. The van der Waals surface area contributed by atoms with E-state index in [1.165, 1.54) is 31.3 Å².